The normalized spacial score (nSPS) is 19.3. The predicted octanol–water partition coefficient (Wildman–Crippen LogP) is 4.11. The lowest BCUT2D eigenvalue weighted by atomic mass is 9.80. The highest BCUT2D eigenvalue weighted by atomic mass is 35.5. The molecule has 1 fully saturated rings. The van der Waals surface area contributed by atoms with Gasteiger partial charge in [0.1, 0.15) is 5.82 Å². The zero-order valence-corrected chi connectivity index (χ0v) is 14.5. The van der Waals surface area contributed by atoms with Gasteiger partial charge in [-0.2, -0.15) is 0 Å². The molecular weight excluding hydrogens is 282 g/mol. The summed E-state index contributed by atoms with van der Waals surface area (Å²) in [5.74, 6) is 1.80. The summed E-state index contributed by atoms with van der Waals surface area (Å²) in [6, 6.07) is 4.04. The molecule has 21 heavy (non-hydrogen) atoms. The zero-order valence-electron chi connectivity index (χ0n) is 13.7. The average Bonchev–Trinajstić information content (AvgIpc) is 2.91. The molecule has 1 saturated heterocycles. The van der Waals surface area contributed by atoms with Gasteiger partial charge in [0.2, 0.25) is 0 Å². The van der Waals surface area contributed by atoms with Crippen LogP contribution in [0.1, 0.15) is 46.2 Å². The predicted molar refractivity (Wildman–Crippen MR) is 91.0 cm³/mol. The maximum absolute atomic E-state index is 6.26. The number of hydrogen-bond donors (Lipinski definition) is 1. The van der Waals surface area contributed by atoms with E-state index in [4.69, 9.17) is 16.6 Å². The van der Waals surface area contributed by atoms with Crippen LogP contribution in [0.2, 0.25) is 5.02 Å². The first kappa shape index (κ1) is 16.6. The lowest BCUT2D eigenvalue weighted by Gasteiger charge is -2.27. The smallest absolute Gasteiger partial charge is 0.128 e. The Labute approximate surface area is 134 Å². The van der Waals surface area contributed by atoms with Crippen LogP contribution >= 0.6 is 11.6 Å². The molecule has 1 atom stereocenters. The number of pyridine rings is 1. The van der Waals surface area contributed by atoms with Gasteiger partial charge in [-0.3, -0.25) is 0 Å². The Hall–Kier alpha value is -0.800. The standard InChI is InChI=1S/C17H28ClN3/c1-5-9-19-11-15-14(18)6-7-16(20-15)21-10-8-13(12-21)17(2,3)4/h6-7,13,19H,5,8-12H2,1-4H3. The number of nitrogens with zero attached hydrogens (tertiary/aromatic N) is 2. The largest absolute Gasteiger partial charge is 0.356 e. The van der Waals surface area contributed by atoms with Gasteiger partial charge >= 0.3 is 0 Å². The summed E-state index contributed by atoms with van der Waals surface area (Å²) in [5.41, 5.74) is 1.33. The lowest BCUT2D eigenvalue weighted by Crippen LogP contribution is -2.26. The van der Waals surface area contributed by atoms with Crippen molar-refractivity contribution < 1.29 is 0 Å². The maximum atomic E-state index is 6.26. The first-order valence-electron chi connectivity index (χ1n) is 8.03. The SMILES string of the molecule is CCCNCc1nc(N2CCC(C(C)(C)C)C2)ccc1Cl. The Morgan fingerprint density at radius 2 is 2.14 bits per heavy atom. The number of hydrogen-bond acceptors (Lipinski definition) is 3. The van der Waals surface area contributed by atoms with Crippen molar-refractivity contribution >= 4 is 17.4 Å². The number of halogens is 1. The fraction of sp³-hybridized carbons (Fsp3) is 0.706. The molecule has 0 bridgehead atoms. The summed E-state index contributed by atoms with van der Waals surface area (Å²) in [6.07, 6.45) is 2.37. The molecule has 0 aliphatic carbocycles. The second-order valence-electron chi connectivity index (χ2n) is 7.07. The van der Waals surface area contributed by atoms with E-state index in [-0.39, 0.29) is 0 Å². The van der Waals surface area contributed by atoms with Crippen molar-refractivity contribution in [3.8, 4) is 0 Å². The van der Waals surface area contributed by atoms with Crippen LogP contribution in [-0.4, -0.2) is 24.6 Å². The van der Waals surface area contributed by atoms with Crippen molar-refractivity contribution in [2.24, 2.45) is 11.3 Å². The van der Waals surface area contributed by atoms with Crippen molar-refractivity contribution in [3.05, 3.63) is 22.8 Å². The molecule has 0 radical (unpaired) electrons. The molecule has 3 nitrogen and oxygen atoms in total. The van der Waals surface area contributed by atoms with E-state index < -0.39 is 0 Å². The van der Waals surface area contributed by atoms with Gasteiger partial charge in [-0.1, -0.05) is 39.3 Å². The summed E-state index contributed by atoms with van der Waals surface area (Å²) in [7, 11) is 0. The molecule has 1 unspecified atom stereocenters. The zero-order chi connectivity index (χ0) is 15.5. The molecule has 0 aromatic carbocycles. The van der Waals surface area contributed by atoms with Crippen molar-refractivity contribution in [3.63, 3.8) is 0 Å². The first-order valence-corrected chi connectivity index (χ1v) is 8.40. The summed E-state index contributed by atoms with van der Waals surface area (Å²) >= 11 is 6.26. The first-order chi connectivity index (χ1) is 9.91. The fourth-order valence-electron chi connectivity index (χ4n) is 2.83. The Kier molecular flexibility index (Phi) is 5.50. The van der Waals surface area contributed by atoms with E-state index in [9.17, 15) is 0 Å². The third-order valence-corrected chi connectivity index (χ3v) is 4.70. The second kappa shape index (κ2) is 6.97. The quantitative estimate of drug-likeness (QED) is 0.830. The summed E-state index contributed by atoms with van der Waals surface area (Å²) in [5, 5.41) is 4.14. The van der Waals surface area contributed by atoms with E-state index in [1.807, 2.05) is 6.07 Å². The fourth-order valence-corrected chi connectivity index (χ4v) is 3.00. The minimum atomic E-state index is 0.368. The van der Waals surface area contributed by atoms with Crippen LogP contribution in [0, 0.1) is 11.3 Å². The molecule has 1 aromatic rings. The molecule has 1 N–H and O–H groups in total. The van der Waals surface area contributed by atoms with Crippen LogP contribution in [-0.2, 0) is 6.54 Å². The van der Waals surface area contributed by atoms with E-state index in [1.165, 1.54) is 6.42 Å². The van der Waals surface area contributed by atoms with Crippen LogP contribution in [0.5, 0.6) is 0 Å². The van der Waals surface area contributed by atoms with Gasteiger partial charge in [0, 0.05) is 19.6 Å². The number of anilines is 1. The van der Waals surface area contributed by atoms with E-state index in [0.717, 1.165) is 55.1 Å². The minimum Gasteiger partial charge on any atom is -0.356 e. The van der Waals surface area contributed by atoms with Gasteiger partial charge < -0.3 is 10.2 Å². The van der Waals surface area contributed by atoms with Crippen LogP contribution in [0.25, 0.3) is 0 Å². The molecule has 0 amide bonds. The van der Waals surface area contributed by atoms with Crippen molar-refractivity contribution in [1.29, 1.82) is 0 Å². The van der Waals surface area contributed by atoms with E-state index in [0.29, 0.717) is 5.41 Å². The summed E-state index contributed by atoms with van der Waals surface area (Å²) in [4.78, 5) is 7.17. The van der Waals surface area contributed by atoms with Gasteiger partial charge in [0.25, 0.3) is 0 Å². The van der Waals surface area contributed by atoms with Gasteiger partial charge in [-0.15, -0.1) is 0 Å². The van der Waals surface area contributed by atoms with Gasteiger partial charge in [-0.25, -0.2) is 4.98 Å². The highest BCUT2D eigenvalue weighted by Gasteiger charge is 2.32. The van der Waals surface area contributed by atoms with Crippen LogP contribution < -0.4 is 10.2 Å². The molecular formula is C17H28ClN3. The Bertz CT molecular complexity index is 468. The Morgan fingerprint density at radius 3 is 2.76 bits per heavy atom. The van der Waals surface area contributed by atoms with E-state index in [1.54, 1.807) is 0 Å². The van der Waals surface area contributed by atoms with Gasteiger partial charge in [-0.05, 0) is 42.9 Å². The molecule has 0 spiro atoms. The van der Waals surface area contributed by atoms with Crippen LogP contribution in [0.15, 0.2) is 12.1 Å². The van der Waals surface area contributed by atoms with Gasteiger partial charge in [0.15, 0.2) is 0 Å². The molecule has 2 heterocycles. The minimum absolute atomic E-state index is 0.368. The van der Waals surface area contributed by atoms with Crippen LogP contribution in [0.3, 0.4) is 0 Å². The molecule has 4 heteroatoms. The van der Waals surface area contributed by atoms with Crippen molar-refractivity contribution in [2.75, 3.05) is 24.5 Å². The summed E-state index contributed by atoms with van der Waals surface area (Å²) in [6.45, 7) is 13.1. The highest BCUT2D eigenvalue weighted by molar-refractivity contribution is 6.31. The van der Waals surface area contributed by atoms with Gasteiger partial charge in [0.05, 0.1) is 10.7 Å². The molecule has 1 aliphatic heterocycles. The third-order valence-electron chi connectivity index (χ3n) is 4.36. The second-order valence-corrected chi connectivity index (χ2v) is 7.48. The highest BCUT2D eigenvalue weighted by Crippen LogP contribution is 2.35. The molecule has 1 aliphatic rings. The number of aromatic nitrogens is 1. The topological polar surface area (TPSA) is 28.2 Å². The molecule has 0 saturated carbocycles. The lowest BCUT2D eigenvalue weighted by molar-refractivity contribution is 0.263. The Balaban J connectivity index is 2.05. The third kappa shape index (κ3) is 4.33. The Morgan fingerprint density at radius 1 is 1.38 bits per heavy atom. The average molecular weight is 310 g/mol. The monoisotopic (exact) mass is 309 g/mol. The van der Waals surface area contributed by atoms with Crippen molar-refractivity contribution in [1.82, 2.24) is 10.3 Å². The molecule has 118 valence electrons. The van der Waals surface area contributed by atoms with Crippen LogP contribution in [0.4, 0.5) is 5.82 Å². The van der Waals surface area contributed by atoms with E-state index in [2.05, 4.69) is 44.0 Å². The van der Waals surface area contributed by atoms with E-state index >= 15 is 0 Å². The maximum Gasteiger partial charge on any atom is 0.128 e. The number of nitrogens with one attached hydrogen (secondary N) is 1. The number of rotatable bonds is 5. The summed E-state index contributed by atoms with van der Waals surface area (Å²) < 4.78 is 0. The molecule has 2 rings (SSSR count). The molecule has 1 aromatic heterocycles. The van der Waals surface area contributed by atoms with Crippen molar-refractivity contribution in [2.45, 2.75) is 47.1 Å².